The molecule has 2 saturated heterocycles. The fourth-order valence-electron chi connectivity index (χ4n) is 7.45. The van der Waals surface area contributed by atoms with E-state index in [1.807, 2.05) is 0 Å². The molecule has 2 aliphatic rings. The maximum Gasteiger partial charge on any atom is 0.232 e. The summed E-state index contributed by atoms with van der Waals surface area (Å²) in [6.45, 7) is 28.2. The van der Waals surface area contributed by atoms with Crippen molar-refractivity contribution in [3.05, 3.63) is 0 Å². The first-order valence-electron chi connectivity index (χ1n) is 16.2. The lowest BCUT2D eigenvalue weighted by molar-refractivity contribution is 0.157. The average molecular weight is 559 g/mol. The first-order chi connectivity index (χ1) is 18.6. The monoisotopic (exact) mass is 559 g/mol. The van der Waals surface area contributed by atoms with E-state index in [9.17, 15) is 0 Å². The Hall–Kier alpha value is -1.67. The Kier molecular flexibility index (Phi) is 10.8. The van der Waals surface area contributed by atoms with Crippen LogP contribution >= 0.6 is 0 Å². The van der Waals surface area contributed by atoms with Gasteiger partial charge >= 0.3 is 0 Å². The van der Waals surface area contributed by atoms with E-state index in [1.54, 1.807) is 0 Å². The Morgan fingerprint density at radius 1 is 0.625 bits per heavy atom. The highest BCUT2D eigenvalue weighted by molar-refractivity contribution is 5.47. The molecule has 0 saturated carbocycles. The Morgan fingerprint density at radius 3 is 1.32 bits per heavy atom. The van der Waals surface area contributed by atoms with Crippen molar-refractivity contribution in [3.8, 4) is 0 Å². The van der Waals surface area contributed by atoms with Crippen molar-refractivity contribution in [1.82, 2.24) is 25.6 Å². The molecule has 230 valence electrons. The Labute approximate surface area is 246 Å². The van der Waals surface area contributed by atoms with Crippen molar-refractivity contribution in [2.75, 3.05) is 34.8 Å². The van der Waals surface area contributed by atoms with Crippen LogP contribution in [0.5, 0.6) is 0 Å². The molecule has 0 aliphatic carbocycles. The molecule has 0 bridgehead atoms. The average Bonchev–Trinajstić information content (AvgIpc) is 2.79. The van der Waals surface area contributed by atoms with Gasteiger partial charge in [0.25, 0.3) is 0 Å². The molecule has 40 heavy (non-hydrogen) atoms. The van der Waals surface area contributed by atoms with Crippen LogP contribution in [0.4, 0.5) is 17.8 Å². The summed E-state index contributed by atoms with van der Waals surface area (Å²) in [5.41, 5.74) is 0.204. The zero-order chi connectivity index (χ0) is 29.8. The number of piperidine rings is 2. The Bertz CT molecular complexity index is 841. The summed E-state index contributed by atoms with van der Waals surface area (Å²) in [6, 6.07) is 0.737. The van der Waals surface area contributed by atoms with Crippen LogP contribution in [0.15, 0.2) is 0 Å². The molecule has 1 aromatic rings. The van der Waals surface area contributed by atoms with Crippen molar-refractivity contribution in [2.45, 2.75) is 168 Å². The standard InChI is InChI=1S/C32H62N8/c1-12-15-18-39(24-20-29(4,5)37-30(6,7)21-24)27-34-26(33-17-14-3)35-28(36-27)40(19-16-13-2)25-22-31(8,9)38-32(10,11)23-25/h24-25,37-38H,12-23H2,1-11H3,(H,33,34,35,36). The maximum absolute atomic E-state index is 5.34. The van der Waals surface area contributed by atoms with E-state index in [1.165, 1.54) is 0 Å². The van der Waals surface area contributed by atoms with Crippen LogP contribution in [-0.2, 0) is 0 Å². The second-order valence-electron chi connectivity index (χ2n) is 15.2. The smallest absolute Gasteiger partial charge is 0.232 e. The van der Waals surface area contributed by atoms with Gasteiger partial charge in [0.2, 0.25) is 17.8 Å². The van der Waals surface area contributed by atoms with Crippen molar-refractivity contribution >= 4 is 17.8 Å². The lowest BCUT2D eigenvalue weighted by atomic mass is 9.79. The molecule has 3 heterocycles. The van der Waals surface area contributed by atoms with Crippen molar-refractivity contribution in [1.29, 1.82) is 0 Å². The van der Waals surface area contributed by atoms with E-state index in [2.05, 4.69) is 102 Å². The molecule has 2 fully saturated rings. The molecule has 8 nitrogen and oxygen atoms in total. The van der Waals surface area contributed by atoms with Crippen LogP contribution in [-0.4, -0.2) is 68.8 Å². The molecular formula is C32H62N8. The third kappa shape index (κ3) is 9.17. The van der Waals surface area contributed by atoms with Gasteiger partial charge in [-0.1, -0.05) is 33.6 Å². The largest absolute Gasteiger partial charge is 0.354 e. The van der Waals surface area contributed by atoms with Crippen LogP contribution < -0.4 is 25.8 Å². The predicted molar refractivity (Wildman–Crippen MR) is 172 cm³/mol. The molecule has 8 heteroatoms. The topological polar surface area (TPSA) is 81.2 Å². The summed E-state index contributed by atoms with van der Waals surface area (Å²) in [6.07, 6.45) is 9.83. The molecule has 1 aromatic heterocycles. The minimum Gasteiger partial charge on any atom is -0.354 e. The number of anilines is 3. The summed E-state index contributed by atoms with van der Waals surface area (Å²) in [7, 11) is 0. The highest BCUT2D eigenvalue weighted by atomic mass is 15.4. The number of unbranched alkanes of at least 4 members (excludes halogenated alkanes) is 2. The first kappa shape index (κ1) is 32.8. The van der Waals surface area contributed by atoms with Crippen LogP contribution in [0.25, 0.3) is 0 Å². The fourth-order valence-corrected chi connectivity index (χ4v) is 7.45. The van der Waals surface area contributed by atoms with Crippen LogP contribution in [0.1, 0.15) is 134 Å². The molecule has 0 aromatic carbocycles. The minimum absolute atomic E-state index is 0.0510. The van der Waals surface area contributed by atoms with Gasteiger partial charge in [-0.15, -0.1) is 0 Å². The van der Waals surface area contributed by atoms with E-state index in [0.29, 0.717) is 18.0 Å². The normalized spacial score (nSPS) is 22.2. The number of hydrogen-bond acceptors (Lipinski definition) is 8. The number of rotatable bonds is 13. The van der Waals surface area contributed by atoms with Crippen molar-refractivity contribution in [3.63, 3.8) is 0 Å². The van der Waals surface area contributed by atoms with Crippen molar-refractivity contribution < 1.29 is 0 Å². The molecule has 3 rings (SSSR count). The highest BCUT2D eigenvalue weighted by Crippen LogP contribution is 2.36. The first-order valence-corrected chi connectivity index (χ1v) is 16.2. The third-order valence-corrected chi connectivity index (χ3v) is 8.38. The molecule has 2 aliphatic heterocycles. The van der Waals surface area contributed by atoms with Gasteiger partial charge in [-0.3, -0.25) is 0 Å². The molecular weight excluding hydrogens is 496 g/mol. The molecule has 0 spiro atoms. The Morgan fingerprint density at radius 2 is 1.00 bits per heavy atom. The minimum atomic E-state index is 0.0510. The maximum atomic E-state index is 5.34. The van der Waals surface area contributed by atoms with E-state index in [4.69, 9.17) is 15.0 Å². The summed E-state index contributed by atoms with van der Waals surface area (Å²) in [4.78, 5) is 20.6. The molecule has 0 radical (unpaired) electrons. The predicted octanol–water partition coefficient (Wildman–Crippen LogP) is 6.52. The molecule has 0 amide bonds. The lowest BCUT2D eigenvalue weighted by Gasteiger charge is -2.50. The van der Waals surface area contributed by atoms with E-state index in [0.717, 1.165) is 89.3 Å². The number of hydrogen-bond donors (Lipinski definition) is 3. The number of nitrogens with zero attached hydrogens (tertiary/aromatic N) is 5. The second kappa shape index (κ2) is 13.1. The Balaban J connectivity index is 2.09. The zero-order valence-corrected chi connectivity index (χ0v) is 27.9. The van der Waals surface area contributed by atoms with Crippen LogP contribution in [0.3, 0.4) is 0 Å². The molecule has 0 unspecified atom stereocenters. The lowest BCUT2D eigenvalue weighted by Crippen LogP contribution is -2.63. The van der Waals surface area contributed by atoms with Gasteiger partial charge < -0.3 is 25.8 Å². The van der Waals surface area contributed by atoms with Gasteiger partial charge in [0, 0.05) is 53.9 Å². The van der Waals surface area contributed by atoms with Gasteiger partial charge in [-0.25, -0.2) is 0 Å². The molecule has 3 N–H and O–H groups in total. The summed E-state index contributed by atoms with van der Waals surface area (Å²) in [5, 5.41) is 11.3. The van der Waals surface area contributed by atoms with Gasteiger partial charge in [0.1, 0.15) is 0 Å². The van der Waals surface area contributed by atoms with Gasteiger partial charge in [0.15, 0.2) is 0 Å². The zero-order valence-electron chi connectivity index (χ0n) is 27.9. The van der Waals surface area contributed by atoms with Crippen LogP contribution in [0.2, 0.25) is 0 Å². The SMILES string of the molecule is CCCCN(c1nc(NCCC)nc(N(CCCC)C2CC(C)(C)NC(C)(C)C2)n1)C1CC(C)(C)NC(C)(C)C1. The van der Waals surface area contributed by atoms with E-state index >= 15 is 0 Å². The number of nitrogens with one attached hydrogen (secondary N) is 3. The number of aromatic nitrogens is 3. The fraction of sp³-hybridized carbons (Fsp3) is 0.906. The van der Waals surface area contributed by atoms with E-state index in [-0.39, 0.29) is 22.2 Å². The summed E-state index contributed by atoms with van der Waals surface area (Å²) in [5.74, 6) is 2.39. The highest BCUT2D eigenvalue weighted by Gasteiger charge is 2.42. The van der Waals surface area contributed by atoms with Gasteiger partial charge in [0.05, 0.1) is 0 Å². The quantitative estimate of drug-likeness (QED) is 0.252. The summed E-state index contributed by atoms with van der Waals surface area (Å²) < 4.78 is 0. The van der Waals surface area contributed by atoms with E-state index < -0.39 is 0 Å². The molecule has 0 atom stereocenters. The van der Waals surface area contributed by atoms with Gasteiger partial charge in [-0.05, 0) is 100 Å². The van der Waals surface area contributed by atoms with Crippen LogP contribution in [0, 0.1) is 0 Å². The summed E-state index contributed by atoms with van der Waals surface area (Å²) >= 11 is 0. The second-order valence-corrected chi connectivity index (χ2v) is 15.2. The van der Waals surface area contributed by atoms with Gasteiger partial charge in [-0.2, -0.15) is 15.0 Å². The van der Waals surface area contributed by atoms with Crippen molar-refractivity contribution in [2.24, 2.45) is 0 Å². The third-order valence-electron chi connectivity index (χ3n) is 8.38.